The van der Waals surface area contributed by atoms with Crippen molar-refractivity contribution in [3.8, 4) is 0 Å². The lowest BCUT2D eigenvalue weighted by molar-refractivity contribution is 0.103. The van der Waals surface area contributed by atoms with Crippen LogP contribution in [-0.4, -0.2) is 5.91 Å². The number of rotatable bonds is 5. The van der Waals surface area contributed by atoms with Crippen molar-refractivity contribution in [1.29, 1.82) is 0 Å². The van der Waals surface area contributed by atoms with Crippen LogP contribution in [0.3, 0.4) is 0 Å². The summed E-state index contributed by atoms with van der Waals surface area (Å²) in [6.07, 6.45) is 3.49. The quantitative estimate of drug-likeness (QED) is 0.648. The fourth-order valence-electron chi connectivity index (χ4n) is 1.79. The second kappa shape index (κ2) is 7.38. The van der Waals surface area contributed by atoms with Crippen molar-refractivity contribution in [3.63, 3.8) is 0 Å². The molecule has 106 valence electrons. The van der Waals surface area contributed by atoms with Crippen molar-refractivity contribution in [2.24, 2.45) is 0 Å². The predicted molar refractivity (Wildman–Crippen MR) is 92.7 cm³/mol. The average Bonchev–Trinajstić information content (AvgIpc) is 2.78. The minimum Gasteiger partial charge on any atom is -0.321 e. The van der Waals surface area contributed by atoms with E-state index in [4.69, 9.17) is 0 Å². The first-order valence-corrected chi connectivity index (χ1v) is 8.85. The molecule has 2 aromatic rings. The normalized spacial score (nSPS) is 10.6. The number of aryl methyl sites for hydroxylation is 1. The number of anilines is 1. The number of hydrogen-bond acceptors (Lipinski definition) is 2. The number of carbonyl (C=O) groups excluding carboxylic acids is 1. The summed E-state index contributed by atoms with van der Waals surface area (Å²) in [6.45, 7) is 2.19. The lowest BCUT2D eigenvalue weighted by atomic mass is 10.1. The molecule has 20 heavy (non-hydrogen) atoms. The van der Waals surface area contributed by atoms with Gasteiger partial charge in [-0.05, 0) is 68.5 Å². The Morgan fingerprint density at radius 2 is 1.95 bits per heavy atom. The van der Waals surface area contributed by atoms with Crippen LogP contribution >= 0.6 is 43.2 Å². The van der Waals surface area contributed by atoms with Crippen LogP contribution in [0.5, 0.6) is 0 Å². The van der Waals surface area contributed by atoms with Gasteiger partial charge in [-0.3, -0.25) is 4.79 Å². The van der Waals surface area contributed by atoms with Gasteiger partial charge in [0.2, 0.25) is 0 Å². The highest BCUT2D eigenvalue weighted by Gasteiger charge is 2.12. The maximum Gasteiger partial charge on any atom is 0.265 e. The SMILES string of the molecule is CCCCc1ccc(NC(=O)c2cc(Br)c(Br)s2)cc1. The van der Waals surface area contributed by atoms with E-state index in [0.29, 0.717) is 4.88 Å². The molecule has 0 aliphatic rings. The van der Waals surface area contributed by atoms with E-state index >= 15 is 0 Å². The predicted octanol–water partition coefficient (Wildman–Crippen LogP) is 5.87. The van der Waals surface area contributed by atoms with Gasteiger partial charge < -0.3 is 5.32 Å². The summed E-state index contributed by atoms with van der Waals surface area (Å²) in [7, 11) is 0. The highest BCUT2D eigenvalue weighted by molar-refractivity contribution is 9.13. The largest absolute Gasteiger partial charge is 0.321 e. The fraction of sp³-hybridized carbons (Fsp3) is 0.267. The van der Waals surface area contributed by atoms with Gasteiger partial charge in [0.25, 0.3) is 5.91 Å². The van der Waals surface area contributed by atoms with Gasteiger partial charge in [-0.25, -0.2) is 0 Å². The maximum atomic E-state index is 12.1. The Hall–Kier alpha value is -0.650. The van der Waals surface area contributed by atoms with Gasteiger partial charge in [0.1, 0.15) is 0 Å². The van der Waals surface area contributed by atoms with Gasteiger partial charge in [0.05, 0.1) is 8.66 Å². The highest BCUT2D eigenvalue weighted by Crippen LogP contribution is 2.32. The third kappa shape index (κ3) is 4.17. The Balaban J connectivity index is 2.00. The zero-order chi connectivity index (χ0) is 14.5. The van der Waals surface area contributed by atoms with Crippen LogP contribution < -0.4 is 5.32 Å². The van der Waals surface area contributed by atoms with Gasteiger partial charge in [0.15, 0.2) is 0 Å². The Labute approximate surface area is 139 Å². The summed E-state index contributed by atoms with van der Waals surface area (Å²) in [4.78, 5) is 12.8. The van der Waals surface area contributed by atoms with E-state index in [2.05, 4.69) is 56.2 Å². The van der Waals surface area contributed by atoms with Crippen LogP contribution in [0.4, 0.5) is 5.69 Å². The summed E-state index contributed by atoms with van der Waals surface area (Å²) in [5.74, 6) is -0.0808. The fourth-order valence-corrected chi connectivity index (χ4v) is 3.72. The first kappa shape index (κ1) is 15.7. The number of benzene rings is 1. The van der Waals surface area contributed by atoms with Crippen molar-refractivity contribution < 1.29 is 4.79 Å². The number of halogens is 2. The molecule has 0 atom stereocenters. The van der Waals surface area contributed by atoms with Gasteiger partial charge in [-0.2, -0.15) is 0 Å². The van der Waals surface area contributed by atoms with Crippen LogP contribution in [0.15, 0.2) is 38.6 Å². The van der Waals surface area contributed by atoms with Crippen molar-refractivity contribution >= 4 is 54.8 Å². The zero-order valence-corrected chi connectivity index (χ0v) is 15.1. The van der Waals surface area contributed by atoms with E-state index in [9.17, 15) is 4.79 Å². The van der Waals surface area contributed by atoms with Gasteiger partial charge in [-0.1, -0.05) is 25.5 Å². The minimum absolute atomic E-state index is 0.0808. The van der Waals surface area contributed by atoms with E-state index in [1.165, 1.54) is 29.7 Å². The monoisotopic (exact) mass is 415 g/mol. The van der Waals surface area contributed by atoms with Crippen LogP contribution in [-0.2, 0) is 6.42 Å². The molecule has 0 bridgehead atoms. The molecule has 0 aliphatic heterocycles. The van der Waals surface area contributed by atoms with E-state index < -0.39 is 0 Å². The number of thiophene rings is 1. The Morgan fingerprint density at radius 3 is 2.50 bits per heavy atom. The molecule has 2 nitrogen and oxygen atoms in total. The first-order valence-electron chi connectivity index (χ1n) is 6.45. The van der Waals surface area contributed by atoms with Crippen molar-refractivity contribution in [1.82, 2.24) is 0 Å². The van der Waals surface area contributed by atoms with E-state index in [-0.39, 0.29) is 5.91 Å². The number of hydrogen-bond donors (Lipinski definition) is 1. The third-order valence-corrected chi connectivity index (χ3v) is 6.15. The number of carbonyl (C=O) groups is 1. The lowest BCUT2D eigenvalue weighted by Crippen LogP contribution is -2.09. The molecule has 1 amide bonds. The Bertz CT molecular complexity index is 573. The summed E-state index contributed by atoms with van der Waals surface area (Å²) in [6, 6.07) is 9.89. The molecule has 0 saturated heterocycles. The second-order valence-corrected chi connectivity index (χ2v) is 7.71. The Kier molecular flexibility index (Phi) is 5.81. The molecule has 1 N–H and O–H groups in total. The summed E-state index contributed by atoms with van der Waals surface area (Å²) in [5, 5.41) is 2.91. The zero-order valence-electron chi connectivity index (χ0n) is 11.1. The van der Waals surface area contributed by atoms with Crippen molar-refractivity contribution in [3.05, 3.63) is 49.0 Å². The molecule has 0 aliphatic carbocycles. The second-order valence-electron chi connectivity index (χ2n) is 4.49. The molecule has 0 saturated carbocycles. The molecule has 0 spiro atoms. The highest BCUT2D eigenvalue weighted by atomic mass is 79.9. The van der Waals surface area contributed by atoms with Gasteiger partial charge in [0, 0.05) is 10.2 Å². The molecule has 0 fully saturated rings. The molecule has 1 aromatic heterocycles. The van der Waals surface area contributed by atoms with Gasteiger partial charge in [-0.15, -0.1) is 11.3 Å². The standard InChI is InChI=1S/C15H15Br2NOS/c1-2-3-4-10-5-7-11(8-6-10)18-15(19)13-9-12(16)14(17)20-13/h5-9H,2-4H2,1H3,(H,18,19). The van der Waals surface area contributed by atoms with Crippen LogP contribution in [0, 0.1) is 0 Å². The maximum absolute atomic E-state index is 12.1. The Morgan fingerprint density at radius 1 is 1.25 bits per heavy atom. The number of nitrogens with one attached hydrogen (secondary N) is 1. The molecule has 5 heteroatoms. The lowest BCUT2D eigenvalue weighted by Gasteiger charge is -2.05. The molecular formula is C15H15Br2NOS. The van der Waals surface area contributed by atoms with Crippen LogP contribution in [0.25, 0.3) is 0 Å². The van der Waals surface area contributed by atoms with Crippen molar-refractivity contribution in [2.75, 3.05) is 5.32 Å². The van der Waals surface area contributed by atoms with E-state index in [1.54, 1.807) is 0 Å². The average molecular weight is 417 g/mol. The third-order valence-electron chi connectivity index (χ3n) is 2.90. The molecule has 1 aromatic carbocycles. The minimum atomic E-state index is -0.0808. The summed E-state index contributed by atoms with van der Waals surface area (Å²) < 4.78 is 1.83. The summed E-state index contributed by atoms with van der Waals surface area (Å²) in [5.41, 5.74) is 2.14. The molecule has 0 radical (unpaired) electrons. The molecule has 1 heterocycles. The molecule has 2 rings (SSSR count). The molecule has 0 unspecified atom stereocenters. The smallest absolute Gasteiger partial charge is 0.265 e. The van der Waals surface area contributed by atoms with Crippen LogP contribution in [0.2, 0.25) is 0 Å². The number of unbranched alkanes of at least 4 members (excludes halogenated alkanes) is 1. The topological polar surface area (TPSA) is 29.1 Å². The van der Waals surface area contributed by atoms with Gasteiger partial charge >= 0.3 is 0 Å². The van der Waals surface area contributed by atoms with Crippen LogP contribution in [0.1, 0.15) is 35.0 Å². The van der Waals surface area contributed by atoms with E-state index in [1.807, 2.05) is 18.2 Å². The van der Waals surface area contributed by atoms with E-state index in [0.717, 1.165) is 20.4 Å². The van der Waals surface area contributed by atoms with Crippen molar-refractivity contribution in [2.45, 2.75) is 26.2 Å². The number of amides is 1. The first-order chi connectivity index (χ1) is 9.60. The summed E-state index contributed by atoms with van der Waals surface area (Å²) >= 11 is 8.20. The molecular weight excluding hydrogens is 402 g/mol.